The van der Waals surface area contributed by atoms with Crippen molar-refractivity contribution in [3.63, 3.8) is 0 Å². The number of hydrogen-bond acceptors (Lipinski definition) is 2. The predicted molar refractivity (Wildman–Crippen MR) is 86.0 cm³/mol. The second kappa shape index (κ2) is 6.56. The molecule has 2 amide bonds. The smallest absolute Gasteiger partial charge is 0.246 e. The lowest BCUT2D eigenvalue weighted by atomic mass is 10.0. The van der Waals surface area contributed by atoms with Crippen LogP contribution < -0.4 is 5.32 Å². The van der Waals surface area contributed by atoms with Crippen molar-refractivity contribution in [1.29, 1.82) is 0 Å². The lowest BCUT2D eigenvalue weighted by Crippen LogP contribution is -2.62. The van der Waals surface area contributed by atoms with Gasteiger partial charge in [0.15, 0.2) is 0 Å². The van der Waals surface area contributed by atoms with Gasteiger partial charge in [-0.3, -0.25) is 9.59 Å². The van der Waals surface area contributed by atoms with Crippen molar-refractivity contribution in [3.8, 4) is 0 Å². The summed E-state index contributed by atoms with van der Waals surface area (Å²) in [5.74, 6) is -0.0121. The summed E-state index contributed by atoms with van der Waals surface area (Å²) in [4.78, 5) is 26.3. The summed E-state index contributed by atoms with van der Waals surface area (Å²) >= 11 is 2.25. The van der Waals surface area contributed by atoms with Crippen molar-refractivity contribution in [1.82, 2.24) is 10.2 Å². The van der Waals surface area contributed by atoms with Crippen LogP contribution in [0.1, 0.15) is 32.3 Å². The molecule has 1 heterocycles. The summed E-state index contributed by atoms with van der Waals surface area (Å²) in [5.41, 5.74) is 1.06. The molecule has 20 heavy (non-hydrogen) atoms. The van der Waals surface area contributed by atoms with E-state index in [2.05, 4.69) is 27.9 Å². The molecule has 0 aliphatic carbocycles. The largest absolute Gasteiger partial charge is 0.343 e. The van der Waals surface area contributed by atoms with E-state index in [-0.39, 0.29) is 23.9 Å². The van der Waals surface area contributed by atoms with Gasteiger partial charge in [-0.15, -0.1) is 0 Å². The second-order valence-corrected chi connectivity index (χ2v) is 6.23. The lowest BCUT2D eigenvalue weighted by Gasteiger charge is -2.38. The number of benzene rings is 1. The molecule has 5 heteroatoms. The predicted octanol–water partition coefficient (Wildman–Crippen LogP) is 2.31. The summed E-state index contributed by atoms with van der Waals surface area (Å²) in [6.45, 7) is 4.35. The molecule has 108 valence electrons. The first kappa shape index (κ1) is 15.3. The van der Waals surface area contributed by atoms with Crippen LogP contribution in [0.4, 0.5) is 0 Å². The van der Waals surface area contributed by atoms with Gasteiger partial charge in [0.05, 0.1) is 0 Å². The van der Waals surface area contributed by atoms with Gasteiger partial charge in [0, 0.05) is 10.1 Å². The monoisotopic (exact) mass is 386 g/mol. The number of nitrogens with one attached hydrogen (secondary N) is 1. The summed E-state index contributed by atoms with van der Waals surface area (Å²) in [6, 6.07) is 7.31. The van der Waals surface area contributed by atoms with E-state index in [4.69, 9.17) is 0 Å². The van der Waals surface area contributed by atoms with E-state index >= 15 is 0 Å². The molecule has 1 aromatic rings. The molecule has 0 aromatic heterocycles. The first-order chi connectivity index (χ1) is 9.56. The Hall–Kier alpha value is -1.11. The molecule has 2 unspecified atom stereocenters. The molecule has 0 bridgehead atoms. The Morgan fingerprint density at radius 1 is 1.15 bits per heavy atom. The zero-order chi connectivity index (χ0) is 14.7. The van der Waals surface area contributed by atoms with Gasteiger partial charge >= 0.3 is 0 Å². The molecule has 1 fully saturated rings. The van der Waals surface area contributed by atoms with Gasteiger partial charge in [-0.25, -0.2) is 0 Å². The highest BCUT2D eigenvalue weighted by molar-refractivity contribution is 14.1. The Balaban J connectivity index is 2.22. The maximum absolute atomic E-state index is 12.5. The van der Waals surface area contributed by atoms with Gasteiger partial charge in [0.2, 0.25) is 11.8 Å². The van der Waals surface area contributed by atoms with Crippen LogP contribution in [0.25, 0.3) is 0 Å². The molecule has 1 N–H and O–H groups in total. The molecule has 1 saturated heterocycles. The van der Waals surface area contributed by atoms with Crippen LogP contribution in [-0.4, -0.2) is 28.8 Å². The minimum atomic E-state index is -0.380. The third kappa shape index (κ3) is 3.13. The molecule has 0 spiro atoms. The second-order valence-electron chi connectivity index (χ2n) is 4.99. The highest BCUT2D eigenvalue weighted by Crippen LogP contribution is 2.18. The molecular formula is C15H19IN2O2. The van der Waals surface area contributed by atoms with Gasteiger partial charge in [0.1, 0.15) is 12.1 Å². The number of piperazine rings is 1. The van der Waals surface area contributed by atoms with Crippen molar-refractivity contribution in [2.75, 3.05) is 0 Å². The summed E-state index contributed by atoms with van der Waals surface area (Å²) in [5, 5.41) is 2.81. The van der Waals surface area contributed by atoms with Crippen molar-refractivity contribution in [2.24, 2.45) is 0 Å². The minimum Gasteiger partial charge on any atom is -0.343 e. The van der Waals surface area contributed by atoms with E-state index in [1.54, 1.807) is 4.90 Å². The molecular weight excluding hydrogens is 367 g/mol. The first-order valence-corrected chi connectivity index (χ1v) is 8.00. The van der Waals surface area contributed by atoms with E-state index in [0.717, 1.165) is 9.13 Å². The van der Waals surface area contributed by atoms with Crippen LogP contribution in [-0.2, 0) is 16.1 Å². The maximum atomic E-state index is 12.5. The zero-order valence-corrected chi connectivity index (χ0v) is 13.9. The van der Waals surface area contributed by atoms with Crippen molar-refractivity contribution >= 4 is 34.4 Å². The molecule has 2 rings (SSSR count). The van der Waals surface area contributed by atoms with Gasteiger partial charge in [-0.2, -0.15) is 0 Å². The molecule has 0 radical (unpaired) electrons. The van der Waals surface area contributed by atoms with Gasteiger partial charge < -0.3 is 10.2 Å². The van der Waals surface area contributed by atoms with Crippen molar-refractivity contribution < 1.29 is 9.59 Å². The maximum Gasteiger partial charge on any atom is 0.246 e. The molecule has 1 aromatic carbocycles. The van der Waals surface area contributed by atoms with E-state index in [1.165, 1.54) is 0 Å². The Kier molecular flexibility index (Phi) is 5.01. The topological polar surface area (TPSA) is 49.4 Å². The Morgan fingerprint density at radius 3 is 2.35 bits per heavy atom. The third-order valence-electron chi connectivity index (χ3n) is 3.64. The zero-order valence-electron chi connectivity index (χ0n) is 11.7. The average Bonchev–Trinajstić information content (AvgIpc) is 2.45. The van der Waals surface area contributed by atoms with Crippen molar-refractivity contribution in [3.05, 3.63) is 33.4 Å². The molecule has 0 saturated carbocycles. The molecule has 1 aliphatic heterocycles. The number of hydrogen-bond donors (Lipinski definition) is 1. The molecule has 4 nitrogen and oxygen atoms in total. The SMILES string of the molecule is CCC1NC(=O)C(CC)N(Cc2ccc(I)cc2)C1=O. The van der Waals surface area contributed by atoms with Crippen LogP contribution in [0.2, 0.25) is 0 Å². The summed E-state index contributed by atoms with van der Waals surface area (Å²) in [7, 11) is 0. The minimum absolute atomic E-state index is 0.0255. The fraction of sp³-hybridized carbons (Fsp3) is 0.467. The highest BCUT2D eigenvalue weighted by Gasteiger charge is 2.38. The van der Waals surface area contributed by atoms with Crippen LogP contribution in [0.5, 0.6) is 0 Å². The van der Waals surface area contributed by atoms with Crippen LogP contribution in [0.3, 0.4) is 0 Å². The van der Waals surface area contributed by atoms with Crippen LogP contribution in [0, 0.1) is 3.57 Å². The summed E-state index contributed by atoms with van der Waals surface area (Å²) < 4.78 is 1.16. The fourth-order valence-electron chi connectivity index (χ4n) is 2.48. The quantitative estimate of drug-likeness (QED) is 0.808. The van der Waals surface area contributed by atoms with Crippen molar-refractivity contribution in [2.45, 2.75) is 45.3 Å². The van der Waals surface area contributed by atoms with Gasteiger partial charge in [-0.1, -0.05) is 26.0 Å². The standard InChI is InChI=1S/C15H19IN2O2/c1-3-12-15(20)18(13(4-2)14(19)17-12)9-10-5-7-11(16)8-6-10/h5-8,12-13H,3-4,9H2,1-2H3,(H,17,19). The van der Waals surface area contributed by atoms with Crippen LogP contribution >= 0.6 is 22.6 Å². The van der Waals surface area contributed by atoms with E-state index in [1.807, 2.05) is 38.1 Å². The van der Waals surface area contributed by atoms with Crippen LogP contribution in [0.15, 0.2) is 24.3 Å². The molecule has 1 aliphatic rings. The van der Waals surface area contributed by atoms with E-state index in [9.17, 15) is 9.59 Å². The van der Waals surface area contributed by atoms with Gasteiger partial charge in [-0.05, 0) is 53.1 Å². The third-order valence-corrected chi connectivity index (χ3v) is 4.36. The number of rotatable bonds is 4. The average molecular weight is 386 g/mol. The highest BCUT2D eigenvalue weighted by atomic mass is 127. The van der Waals surface area contributed by atoms with E-state index < -0.39 is 0 Å². The lowest BCUT2D eigenvalue weighted by molar-refractivity contribution is -0.150. The Morgan fingerprint density at radius 2 is 1.80 bits per heavy atom. The summed E-state index contributed by atoms with van der Waals surface area (Å²) in [6.07, 6.45) is 1.27. The Bertz CT molecular complexity index is 501. The normalized spacial score (nSPS) is 22.9. The van der Waals surface area contributed by atoms with Gasteiger partial charge in [0.25, 0.3) is 0 Å². The number of nitrogens with zero attached hydrogens (tertiary/aromatic N) is 1. The number of carbonyl (C=O) groups is 2. The first-order valence-electron chi connectivity index (χ1n) is 6.92. The fourth-order valence-corrected chi connectivity index (χ4v) is 2.84. The Labute approximate surface area is 133 Å². The number of carbonyl (C=O) groups excluding carboxylic acids is 2. The van der Waals surface area contributed by atoms with E-state index in [0.29, 0.717) is 19.4 Å². The number of amides is 2. The molecule has 2 atom stereocenters. The number of halogens is 1.